The molecule has 0 saturated heterocycles. The Morgan fingerprint density at radius 3 is 2.28 bits per heavy atom. The van der Waals surface area contributed by atoms with E-state index in [1.165, 1.54) is 44.9 Å². The molecule has 0 spiro atoms. The minimum atomic E-state index is 0.0973. The van der Waals surface area contributed by atoms with Crippen molar-refractivity contribution in [2.24, 2.45) is 0 Å². The Hall–Kier alpha value is -0.0800. The second-order valence-corrected chi connectivity index (χ2v) is 7.06. The second kappa shape index (κ2) is 6.91. The predicted molar refractivity (Wildman–Crippen MR) is 79.0 cm³/mol. The van der Waals surface area contributed by atoms with E-state index in [1.54, 1.807) is 0 Å². The number of rotatable bonds is 6. The van der Waals surface area contributed by atoms with Crippen LogP contribution < -0.4 is 5.32 Å². The van der Waals surface area contributed by atoms with Crippen molar-refractivity contribution in [3.63, 3.8) is 0 Å². The maximum Gasteiger partial charge on any atom is 0.0810 e. The first kappa shape index (κ1) is 16.0. The number of ether oxygens (including phenoxy) is 1. The quantitative estimate of drug-likeness (QED) is 0.765. The van der Waals surface area contributed by atoms with Crippen LogP contribution in [-0.2, 0) is 4.74 Å². The van der Waals surface area contributed by atoms with Crippen LogP contribution in [0.2, 0.25) is 0 Å². The van der Waals surface area contributed by atoms with E-state index in [0.717, 1.165) is 6.54 Å². The molecule has 1 aliphatic rings. The van der Waals surface area contributed by atoms with Crippen LogP contribution in [0.4, 0.5) is 0 Å². The molecule has 0 heterocycles. The van der Waals surface area contributed by atoms with Crippen molar-refractivity contribution in [1.29, 1.82) is 0 Å². The van der Waals surface area contributed by atoms with E-state index in [1.807, 2.05) is 0 Å². The lowest BCUT2D eigenvalue weighted by molar-refractivity contribution is -0.110. The lowest BCUT2D eigenvalue weighted by Gasteiger charge is -2.41. The lowest BCUT2D eigenvalue weighted by Crippen LogP contribution is -2.51. The van der Waals surface area contributed by atoms with Gasteiger partial charge in [-0.05, 0) is 47.0 Å². The van der Waals surface area contributed by atoms with Crippen LogP contribution in [0.25, 0.3) is 0 Å². The van der Waals surface area contributed by atoms with E-state index >= 15 is 0 Å². The van der Waals surface area contributed by atoms with Crippen molar-refractivity contribution >= 4 is 0 Å². The second-order valence-electron chi connectivity index (χ2n) is 7.06. The van der Waals surface area contributed by atoms with Gasteiger partial charge in [0, 0.05) is 12.1 Å². The van der Waals surface area contributed by atoms with Crippen LogP contribution in [0.15, 0.2) is 0 Å². The first-order valence-electron chi connectivity index (χ1n) is 7.80. The largest absolute Gasteiger partial charge is 0.371 e. The van der Waals surface area contributed by atoms with Gasteiger partial charge in [0.2, 0.25) is 0 Å². The molecule has 1 atom stereocenters. The Morgan fingerprint density at radius 2 is 1.78 bits per heavy atom. The van der Waals surface area contributed by atoms with E-state index in [0.29, 0.717) is 6.10 Å². The molecule has 0 aromatic rings. The molecule has 0 radical (unpaired) electrons. The summed E-state index contributed by atoms with van der Waals surface area (Å²) in [6.45, 7) is 12.2. The smallest absolute Gasteiger partial charge is 0.0810 e. The summed E-state index contributed by atoms with van der Waals surface area (Å²) in [7, 11) is 0. The Morgan fingerprint density at radius 1 is 1.17 bits per heavy atom. The molecule has 1 aliphatic carbocycles. The molecule has 1 saturated carbocycles. The van der Waals surface area contributed by atoms with Gasteiger partial charge in [0.05, 0.1) is 11.7 Å². The Bertz CT molecular complexity index is 226. The van der Waals surface area contributed by atoms with E-state index in [2.05, 4.69) is 39.9 Å². The highest BCUT2D eigenvalue weighted by Crippen LogP contribution is 2.33. The van der Waals surface area contributed by atoms with Gasteiger partial charge in [0.25, 0.3) is 0 Å². The molecule has 1 unspecified atom stereocenters. The van der Waals surface area contributed by atoms with Gasteiger partial charge < -0.3 is 10.1 Å². The molecule has 0 aromatic carbocycles. The highest BCUT2D eigenvalue weighted by atomic mass is 16.5. The third kappa shape index (κ3) is 5.71. The highest BCUT2D eigenvalue weighted by Gasteiger charge is 2.35. The molecule has 0 aromatic heterocycles. The summed E-state index contributed by atoms with van der Waals surface area (Å²) < 4.78 is 6.45. The number of hydrogen-bond donors (Lipinski definition) is 1. The standard InChI is InChI=1S/C16H33NO/c1-6-10-14(2)18-16(11-8-7-9-12-16)13-17-15(3,4)5/h14,17H,6-13H2,1-5H3. The van der Waals surface area contributed by atoms with Crippen molar-refractivity contribution < 1.29 is 4.74 Å². The lowest BCUT2D eigenvalue weighted by atomic mass is 9.83. The molecule has 2 nitrogen and oxygen atoms in total. The summed E-state index contributed by atoms with van der Waals surface area (Å²) in [5.41, 5.74) is 0.280. The van der Waals surface area contributed by atoms with Gasteiger partial charge in [-0.25, -0.2) is 0 Å². The van der Waals surface area contributed by atoms with Crippen LogP contribution in [0.1, 0.15) is 79.6 Å². The van der Waals surface area contributed by atoms with E-state index < -0.39 is 0 Å². The molecule has 0 bridgehead atoms. The topological polar surface area (TPSA) is 21.3 Å². The van der Waals surface area contributed by atoms with Gasteiger partial charge in [-0.3, -0.25) is 0 Å². The van der Waals surface area contributed by atoms with Crippen molar-refractivity contribution in [2.45, 2.75) is 96.8 Å². The van der Waals surface area contributed by atoms with Crippen molar-refractivity contribution in [2.75, 3.05) is 6.54 Å². The molecule has 0 amide bonds. The van der Waals surface area contributed by atoms with Crippen molar-refractivity contribution in [3.8, 4) is 0 Å². The van der Waals surface area contributed by atoms with Crippen molar-refractivity contribution in [3.05, 3.63) is 0 Å². The van der Waals surface area contributed by atoms with Crippen LogP contribution in [0.3, 0.4) is 0 Å². The Labute approximate surface area is 114 Å². The van der Waals surface area contributed by atoms with Gasteiger partial charge in [0.1, 0.15) is 0 Å². The van der Waals surface area contributed by atoms with Crippen LogP contribution in [0, 0.1) is 0 Å². The molecular formula is C16H33NO. The minimum absolute atomic E-state index is 0.0973. The first-order chi connectivity index (χ1) is 8.37. The van der Waals surface area contributed by atoms with Gasteiger partial charge in [-0.1, -0.05) is 32.6 Å². The first-order valence-corrected chi connectivity index (χ1v) is 7.80. The fourth-order valence-corrected chi connectivity index (χ4v) is 2.85. The number of hydrogen-bond acceptors (Lipinski definition) is 2. The monoisotopic (exact) mass is 255 g/mol. The summed E-state index contributed by atoms with van der Waals surface area (Å²) in [5.74, 6) is 0. The maximum atomic E-state index is 6.45. The summed E-state index contributed by atoms with van der Waals surface area (Å²) in [4.78, 5) is 0. The fraction of sp³-hybridized carbons (Fsp3) is 1.00. The van der Waals surface area contributed by atoms with Gasteiger partial charge in [0.15, 0.2) is 0 Å². The fourth-order valence-electron chi connectivity index (χ4n) is 2.85. The summed E-state index contributed by atoms with van der Waals surface area (Å²) in [6.07, 6.45) is 9.27. The summed E-state index contributed by atoms with van der Waals surface area (Å²) >= 11 is 0. The van der Waals surface area contributed by atoms with Crippen LogP contribution in [0.5, 0.6) is 0 Å². The molecule has 1 N–H and O–H groups in total. The SMILES string of the molecule is CCCC(C)OC1(CNC(C)(C)C)CCCCC1. The third-order valence-corrected chi connectivity index (χ3v) is 3.85. The van der Waals surface area contributed by atoms with Crippen LogP contribution >= 0.6 is 0 Å². The van der Waals surface area contributed by atoms with E-state index in [9.17, 15) is 0 Å². The Kier molecular flexibility index (Phi) is 6.13. The molecule has 2 heteroatoms. The zero-order valence-electron chi connectivity index (χ0n) is 13.1. The van der Waals surface area contributed by atoms with E-state index in [-0.39, 0.29) is 11.1 Å². The molecule has 0 aliphatic heterocycles. The third-order valence-electron chi connectivity index (χ3n) is 3.85. The molecule has 1 rings (SSSR count). The molecule has 108 valence electrons. The molecular weight excluding hydrogens is 222 g/mol. The minimum Gasteiger partial charge on any atom is -0.371 e. The van der Waals surface area contributed by atoms with Gasteiger partial charge >= 0.3 is 0 Å². The van der Waals surface area contributed by atoms with Gasteiger partial charge in [-0.15, -0.1) is 0 Å². The van der Waals surface area contributed by atoms with Gasteiger partial charge in [-0.2, -0.15) is 0 Å². The molecule has 1 fully saturated rings. The normalized spacial score (nSPS) is 21.8. The highest BCUT2D eigenvalue weighted by molar-refractivity contribution is 4.89. The summed E-state index contributed by atoms with van der Waals surface area (Å²) in [6, 6.07) is 0. The average Bonchev–Trinajstić information content (AvgIpc) is 2.27. The maximum absolute atomic E-state index is 6.45. The summed E-state index contributed by atoms with van der Waals surface area (Å²) in [5, 5.41) is 3.65. The number of nitrogens with one attached hydrogen (secondary N) is 1. The Balaban J connectivity index is 2.57. The van der Waals surface area contributed by atoms with Crippen LogP contribution in [-0.4, -0.2) is 23.8 Å². The molecule has 18 heavy (non-hydrogen) atoms. The zero-order chi connectivity index (χ0) is 13.6. The average molecular weight is 255 g/mol. The van der Waals surface area contributed by atoms with Crippen molar-refractivity contribution in [1.82, 2.24) is 5.32 Å². The van der Waals surface area contributed by atoms with E-state index in [4.69, 9.17) is 4.74 Å². The zero-order valence-corrected chi connectivity index (χ0v) is 13.1. The predicted octanol–water partition coefficient (Wildman–Crippen LogP) is 4.28.